The lowest BCUT2D eigenvalue weighted by Gasteiger charge is -2.20. The predicted octanol–water partition coefficient (Wildman–Crippen LogP) is 5.02. The van der Waals surface area contributed by atoms with Gasteiger partial charge in [0, 0.05) is 0 Å². The van der Waals surface area contributed by atoms with Crippen LogP contribution in [0.15, 0.2) is 77.3 Å². The summed E-state index contributed by atoms with van der Waals surface area (Å²) in [5.74, 6) is 0.142. The minimum absolute atomic E-state index is 0.00864. The third-order valence-corrected chi connectivity index (χ3v) is 5.45. The minimum atomic E-state index is -0.484. The molecule has 3 aromatic carbocycles. The van der Waals surface area contributed by atoms with Crippen LogP contribution < -0.4 is 20.3 Å². The van der Waals surface area contributed by atoms with Gasteiger partial charge < -0.3 is 9.47 Å². The van der Waals surface area contributed by atoms with Gasteiger partial charge in [0.25, 0.3) is 11.8 Å². The maximum absolute atomic E-state index is 12.0. The monoisotopic (exact) mass is 510 g/mol. The number of carbonyl (C=O) groups is 2. The first-order valence-electron chi connectivity index (χ1n) is 10.5. The summed E-state index contributed by atoms with van der Waals surface area (Å²) >= 11 is 3.47. The molecule has 0 aliphatic heterocycles. The summed E-state index contributed by atoms with van der Waals surface area (Å²) in [5, 5.41) is 0. The highest BCUT2D eigenvalue weighted by Gasteiger charge is 2.16. The van der Waals surface area contributed by atoms with Crippen molar-refractivity contribution in [2.75, 3.05) is 13.2 Å². The lowest BCUT2D eigenvalue weighted by Crippen LogP contribution is -2.45. The van der Waals surface area contributed by atoms with E-state index in [4.69, 9.17) is 9.47 Å². The van der Waals surface area contributed by atoms with Gasteiger partial charge >= 0.3 is 0 Å². The average molecular weight is 511 g/mol. The van der Waals surface area contributed by atoms with Crippen molar-refractivity contribution in [1.29, 1.82) is 0 Å². The van der Waals surface area contributed by atoms with Crippen LogP contribution in [0.5, 0.6) is 11.5 Å². The van der Waals surface area contributed by atoms with Crippen LogP contribution in [0.3, 0.4) is 0 Å². The second kappa shape index (κ2) is 11.0. The first kappa shape index (κ1) is 24.3. The second-order valence-electron chi connectivity index (χ2n) is 8.46. The Kier molecular flexibility index (Phi) is 8.11. The third kappa shape index (κ3) is 7.36. The molecule has 33 heavy (non-hydrogen) atoms. The molecule has 7 heteroatoms. The Morgan fingerprint density at radius 3 is 1.94 bits per heavy atom. The van der Waals surface area contributed by atoms with Gasteiger partial charge in [-0.15, -0.1) is 0 Å². The quantitative estimate of drug-likeness (QED) is 0.437. The average Bonchev–Trinajstić information content (AvgIpc) is 2.81. The number of amides is 2. The summed E-state index contributed by atoms with van der Waals surface area (Å²) in [6.45, 7) is 5.89. The van der Waals surface area contributed by atoms with E-state index in [1.807, 2.05) is 60.7 Å². The Balaban J connectivity index is 1.39. The van der Waals surface area contributed by atoms with Gasteiger partial charge in [-0.25, -0.2) is 0 Å². The summed E-state index contributed by atoms with van der Waals surface area (Å²) in [5.41, 5.74) is 7.94. The van der Waals surface area contributed by atoms with Gasteiger partial charge in [-0.05, 0) is 62.3 Å². The smallest absolute Gasteiger partial charge is 0.276 e. The predicted molar refractivity (Wildman–Crippen MR) is 132 cm³/mol. The molecule has 0 heterocycles. The van der Waals surface area contributed by atoms with Gasteiger partial charge in [-0.2, -0.15) is 0 Å². The SMILES string of the molecule is CC(C)(C)c1ccc(OCC(=O)NNC(=O)COc2ccc(-c3ccccc3)cc2)c(Br)c1. The van der Waals surface area contributed by atoms with Crippen LogP contribution in [-0.4, -0.2) is 25.0 Å². The fourth-order valence-electron chi connectivity index (χ4n) is 2.96. The highest BCUT2D eigenvalue weighted by molar-refractivity contribution is 9.10. The van der Waals surface area contributed by atoms with Gasteiger partial charge in [-0.3, -0.25) is 20.4 Å². The van der Waals surface area contributed by atoms with Crippen LogP contribution in [0.2, 0.25) is 0 Å². The zero-order valence-corrected chi connectivity index (χ0v) is 20.4. The molecule has 172 valence electrons. The topological polar surface area (TPSA) is 76.7 Å². The van der Waals surface area contributed by atoms with E-state index in [1.54, 1.807) is 12.1 Å². The number of hydrogen-bond acceptors (Lipinski definition) is 4. The number of halogens is 1. The van der Waals surface area contributed by atoms with Crippen molar-refractivity contribution in [3.05, 3.63) is 82.8 Å². The van der Waals surface area contributed by atoms with Crippen LogP contribution in [-0.2, 0) is 15.0 Å². The summed E-state index contributed by atoms with van der Waals surface area (Å²) in [6, 6.07) is 23.2. The molecule has 0 saturated heterocycles. The maximum Gasteiger partial charge on any atom is 0.276 e. The first-order chi connectivity index (χ1) is 15.7. The number of ether oxygens (including phenoxy) is 2. The molecule has 2 amide bonds. The van der Waals surface area contributed by atoms with E-state index < -0.39 is 11.8 Å². The number of benzene rings is 3. The molecule has 0 bridgehead atoms. The van der Waals surface area contributed by atoms with Crippen LogP contribution in [0.1, 0.15) is 26.3 Å². The zero-order chi connectivity index (χ0) is 23.8. The van der Waals surface area contributed by atoms with Crippen molar-refractivity contribution in [3.63, 3.8) is 0 Å². The van der Waals surface area contributed by atoms with Gasteiger partial charge in [-0.1, -0.05) is 69.3 Å². The molecule has 3 rings (SSSR count). The van der Waals surface area contributed by atoms with Crippen molar-refractivity contribution in [2.24, 2.45) is 0 Å². The molecule has 0 aromatic heterocycles. The highest BCUT2D eigenvalue weighted by Crippen LogP contribution is 2.31. The van der Waals surface area contributed by atoms with E-state index in [0.717, 1.165) is 21.2 Å². The molecule has 0 spiro atoms. The Morgan fingerprint density at radius 1 is 0.788 bits per heavy atom. The molecule has 0 atom stereocenters. The van der Waals surface area contributed by atoms with Gasteiger partial charge in [0.2, 0.25) is 0 Å². The largest absolute Gasteiger partial charge is 0.484 e. The fourth-order valence-corrected chi connectivity index (χ4v) is 3.46. The molecule has 2 N–H and O–H groups in total. The van der Waals surface area contributed by atoms with Crippen LogP contribution in [0.4, 0.5) is 0 Å². The van der Waals surface area contributed by atoms with Gasteiger partial charge in [0.05, 0.1) is 4.47 Å². The molecule has 0 radical (unpaired) electrons. The van der Waals surface area contributed by atoms with E-state index in [9.17, 15) is 9.59 Å². The summed E-state index contributed by atoms with van der Waals surface area (Å²) < 4.78 is 11.8. The molecule has 0 aliphatic rings. The molecule has 3 aromatic rings. The summed E-state index contributed by atoms with van der Waals surface area (Å²) in [7, 11) is 0. The number of hydrogen-bond donors (Lipinski definition) is 2. The van der Waals surface area contributed by atoms with Crippen LogP contribution in [0, 0.1) is 0 Å². The maximum atomic E-state index is 12.0. The van der Waals surface area contributed by atoms with Crippen LogP contribution >= 0.6 is 15.9 Å². The second-order valence-corrected chi connectivity index (χ2v) is 9.31. The zero-order valence-electron chi connectivity index (χ0n) is 18.9. The van der Waals surface area contributed by atoms with Gasteiger partial charge in [0.1, 0.15) is 11.5 Å². The summed E-state index contributed by atoms with van der Waals surface area (Å²) in [6.07, 6.45) is 0. The lowest BCUT2D eigenvalue weighted by molar-refractivity contribution is -0.131. The van der Waals surface area contributed by atoms with Crippen LogP contribution in [0.25, 0.3) is 11.1 Å². The molecular formula is C26H27BrN2O4. The minimum Gasteiger partial charge on any atom is -0.484 e. The standard InChI is InChI=1S/C26H27BrN2O4/c1-26(2,3)20-11-14-23(22(27)15-20)33-17-25(31)29-28-24(30)16-32-21-12-9-19(10-13-21)18-7-5-4-6-8-18/h4-15H,16-17H2,1-3H3,(H,28,30)(H,29,31). The Hall–Kier alpha value is -3.32. The van der Waals surface area contributed by atoms with Crippen molar-refractivity contribution in [3.8, 4) is 22.6 Å². The fraction of sp³-hybridized carbons (Fsp3) is 0.231. The van der Waals surface area contributed by atoms with E-state index >= 15 is 0 Å². The third-order valence-electron chi connectivity index (χ3n) is 4.83. The Bertz CT molecular complexity index is 1090. The molecule has 0 aliphatic carbocycles. The Labute approximate surface area is 202 Å². The first-order valence-corrected chi connectivity index (χ1v) is 11.3. The van der Waals surface area contributed by atoms with E-state index in [1.165, 1.54) is 0 Å². The molecule has 0 saturated carbocycles. The van der Waals surface area contributed by atoms with E-state index in [-0.39, 0.29) is 18.6 Å². The molecule has 0 unspecified atom stereocenters. The Morgan fingerprint density at radius 2 is 1.36 bits per heavy atom. The number of nitrogens with one attached hydrogen (secondary N) is 2. The number of hydrazine groups is 1. The molecule has 0 fully saturated rings. The normalized spacial score (nSPS) is 10.9. The van der Waals surface area contributed by atoms with Crippen molar-refractivity contribution in [1.82, 2.24) is 10.9 Å². The van der Waals surface area contributed by atoms with Crippen molar-refractivity contribution in [2.45, 2.75) is 26.2 Å². The highest BCUT2D eigenvalue weighted by atomic mass is 79.9. The molecule has 6 nitrogen and oxygen atoms in total. The number of carbonyl (C=O) groups excluding carboxylic acids is 2. The van der Waals surface area contributed by atoms with Crippen molar-refractivity contribution >= 4 is 27.7 Å². The number of rotatable bonds is 7. The lowest BCUT2D eigenvalue weighted by atomic mass is 9.87. The molecular weight excluding hydrogens is 484 g/mol. The van der Waals surface area contributed by atoms with E-state index in [0.29, 0.717) is 11.5 Å². The van der Waals surface area contributed by atoms with Gasteiger partial charge in [0.15, 0.2) is 13.2 Å². The van der Waals surface area contributed by atoms with E-state index in [2.05, 4.69) is 47.6 Å². The van der Waals surface area contributed by atoms with Crippen molar-refractivity contribution < 1.29 is 19.1 Å². The summed E-state index contributed by atoms with van der Waals surface area (Å²) in [4.78, 5) is 24.0.